The van der Waals surface area contributed by atoms with E-state index in [9.17, 15) is 10.1 Å². The number of anilines is 1. The summed E-state index contributed by atoms with van der Waals surface area (Å²) in [6.07, 6.45) is 2.46. The van der Waals surface area contributed by atoms with Gasteiger partial charge in [0.15, 0.2) is 5.58 Å². The molecule has 0 N–H and O–H groups in total. The predicted molar refractivity (Wildman–Crippen MR) is 137 cm³/mol. The van der Waals surface area contributed by atoms with E-state index in [1.54, 1.807) is 7.05 Å². The van der Waals surface area contributed by atoms with Gasteiger partial charge in [0.2, 0.25) is 5.89 Å². The number of ether oxygens (including phenoxy) is 1. The molecular formula is C28H30N4O3. The molecular weight excluding hydrogens is 440 g/mol. The molecule has 7 heteroatoms. The molecule has 2 aromatic heterocycles. The lowest BCUT2D eigenvalue weighted by Crippen LogP contribution is -2.42. The smallest absolute Gasteiger partial charge is 0.270 e. The fourth-order valence-electron chi connectivity index (χ4n) is 5.06. The van der Waals surface area contributed by atoms with Crippen LogP contribution in [0.1, 0.15) is 50.1 Å². The number of nitriles is 1. The van der Waals surface area contributed by atoms with E-state index in [4.69, 9.17) is 14.1 Å². The maximum Gasteiger partial charge on any atom is 0.270 e. The third-order valence-electron chi connectivity index (χ3n) is 7.16. The van der Waals surface area contributed by atoms with Gasteiger partial charge in [0.25, 0.3) is 5.56 Å². The molecule has 7 nitrogen and oxygen atoms in total. The molecule has 0 atom stereocenters. The van der Waals surface area contributed by atoms with Gasteiger partial charge >= 0.3 is 0 Å². The Balaban J connectivity index is 1.53. The third-order valence-corrected chi connectivity index (χ3v) is 7.16. The second-order valence-electron chi connectivity index (χ2n) is 9.74. The van der Waals surface area contributed by atoms with Crippen LogP contribution in [0.4, 0.5) is 5.69 Å². The van der Waals surface area contributed by atoms with Crippen LogP contribution in [0, 0.1) is 18.3 Å². The van der Waals surface area contributed by atoms with E-state index in [2.05, 4.69) is 17.9 Å². The summed E-state index contributed by atoms with van der Waals surface area (Å²) in [6.45, 7) is 8.22. The minimum Gasteiger partial charge on any atom is -0.491 e. The number of fused-ring (bicyclic) bond motifs is 2. The Morgan fingerprint density at radius 2 is 2.00 bits per heavy atom. The Morgan fingerprint density at radius 1 is 1.23 bits per heavy atom. The highest BCUT2D eigenvalue weighted by atomic mass is 16.5. The van der Waals surface area contributed by atoms with Crippen molar-refractivity contribution in [3.05, 3.63) is 63.8 Å². The summed E-state index contributed by atoms with van der Waals surface area (Å²) in [5.74, 6) is 1.42. The maximum atomic E-state index is 13.2. The normalized spacial score (nSPS) is 15.5. The first-order chi connectivity index (χ1) is 16.9. The van der Waals surface area contributed by atoms with Crippen LogP contribution in [0.5, 0.6) is 5.75 Å². The molecule has 5 rings (SSSR count). The first-order valence-electron chi connectivity index (χ1n) is 12.2. The third kappa shape index (κ3) is 3.83. The fourth-order valence-corrected chi connectivity index (χ4v) is 5.06. The van der Waals surface area contributed by atoms with Crippen LogP contribution < -0.4 is 15.2 Å². The van der Waals surface area contributed by atoms with Gasteiger partial charge in [-0.2, -0.15) is 5.26 Å². The van der Waals surface area contributed by atoms with Crippen LogP contribution >= 0.6 is 0 Å². The lowest BCUT2D eigenvalue weighted by molar-refractivity contribution is 0.292. The highest BCUT2D eigenvalue weighted by molar-refractivity contribution is 5.98. The molecule has 1 fully saturated rings. The van der Waals surface area contributed by atoms with Crippen molar-refractivity contribution in [2.24, 2.45) is 7.05 Å². The number of pyridine rings is 1. The van der Waals surface area contributed by atoms with Crippen molar-refractivity contribution >= 4 is 27.7 Å². The molecule has 0 unspecified atom stereocenters. The number of hydrogen-bond donors (Lipinski definition) is 0. The number of aryl methyl sites for hydroxylation is 2. The van der Waals surface area contributed by atoms with Crippen molar-refractivity contribution in [1.82, 2.24) is 9.55 Å². The molecule has 1 saturated heterocycles. The summed E-state index contributed by atoms with van der Waals surface area (Å²) in [7, 11) is 1.70. The number of hydrogen-bond acceptors (Lipinski definition) is 6. The second-order valence-corrected chi connectivity index (χ2v) is 9.74. The average Bonchev–Trinajstić information content (AvgIpc) is 3.29. The van der Waals surface area contributed by atoms with E-state index in [-0.39, 0.29) is 16.5 Å². The van der Waals surface area contributed by atoms with E-state index < -0.39 is 0 Å². The Kier molecular flexibility index (Phi) is 5.76. The molecule has 0 amide bonds. The molecule has 2 aromatic carbocycles. The van der Waals surface area contributed by atoms with Gasteiger partial charge in [0.1, 0.15) is 22.9 Å². The largest absolute Gasteiger partial charge is 0.491 e. The van der Waals surface area contributed by atoms with Crippen LogP contribution in [0.25, 0.3) is 22.0 Å². The van der Waals surface area contributed by atoms with Crippen molar-refractivity contribution < 1.29 is 9.15 Å². The molecule has 0 bridgehead atoms. The van der Waals surface area contributed by atoms with Crippen LogP contribution in [-0.2, 0) is 12.5 Å². The molecule has 35 heavy (non-hydrogen) atoms. The van der Waals surface area contributed by atoms with E-state index >= 15 is 0 Å². The number of nitrogens with zero attached hydrogens (tertiary/aromatic N) is 4. The van der Waals surface area contributed by atoms with Gasteiger partial charge in [-0.3, -0.25) is 4.79 Å². The van der Waals surface area contributed by atoms with Crippen molar-refractivity contribution in [3.8, 4) is 11.8 Å². The highest BCUT2D eigenvalue weighted by Crippen LogP contribution is 2.40. The van der Waals surface area contributed by atoms with Gasteiger partial charge in [-0.25, -0.2) is 4.98 Å². The Bertz CT molecular complexity index is 1520. The minimum atomic E-state index is -0.301. The van der Waals surface area contributed by atoms with E-state index in [0.29, 0.717) is 31.1 Å². The first kappa shape index (κ1) is 23.0. The summed E-state index contributed by atoms with van der Waals surface area (Å²) in [5, 5.41) is 10.8. The van der Waals surface area contributed by atoms with Crippen LogP contribution in [0.3, 0.4) is 0 Å². The quantitative estimate of drug-likeness (QED) is 0.398. The molecule has 0 aliphatic carbocycles. The average molecular weight is 471 g/mol. The highest BCUT2D eigenvalue weighted by Gasteiger charge is 2.37. The van der Waals surface area contributed by atoms with Crippen molar-refractivity contribution in [2.45, 2.75) is 45.4 Å². The zero-order valence-corrected chi connectivity index (χ0v) is 20.7. The summed E-state index contributed by atoms with van der Waals surface area (Å²) >= 11 is 0. The Hall–Kier alpha value is -3.79. The SMILES string of the molecule is CCCOc1cccc2c(N3CCC(C)(c4nc5cc(C)ccc5o4)CC3)c(C#N)c(=O)n(C)c12. The van der Waals surface area contributed by atoms with Gasteiger partial charge in [0.05, 0.1) is 17.8 Å². The summed E-state index contributed by atoms with van der Waals surface area (Å²) in [4.78, 5) is 20.2. The number of aromatic nitrogens is 2. The van der Waals surface area contributed by atoms with E-state index in [0.717, 1.165) is 52.7 Å². The van der Waals surface area contributed by atoms with Crippen molar-refractivity contribution in [2.75, 3.05) is 24.6 Å². The van der Waals surface area contributed by atoms with E-state index in [1.165, 1.54) is 4.57 Å². The predicted octanol–water partition coefficient (Wildman–Crippen LogP) is 5.21. The molecule has 1 aliphatic rings. The van der Waals surface area contributed by atoms with Gasteiger partial charge in [-0.15, -0.1) is 0 Å². The lowest BCUT2D eigenvalue weighted by Gasteiger charge is -2.39. The van der Waals surface area contributed by atoms with Crippen molar-refractivity contribution in [1.29, 1.82) is 5.26 Å². The second kappa shape index (κ2) is 8.77. The topological polar surface area (TPSA) is 84.3 Å². The zero-order valence-electron chi connectivity index (χ0n) is 20.7. The Morgan fingerprint density at radius 3 is 2.71 bits per heavy atom. The Labute approximate surface area is 204 Å². The molecule has 0 saturated carbocycles. The van der Waals surface area contributed by atoms with Crippen LogP contribution in [0.2, 0.25) is 0 Å². The lowest BCUT2D eigenvalue weighted by atomic mass is 9.80. The van der Waals surface area contributed by atoms with E-state index in [1.807, 2.05) is 50.2 Å². The van der Waals surface area contributed by atoms with Gasteiger partial charge in [0, 0.05) is 30.9 Å². The summed E-state index contributed by atoms with van der Waals surface area (Å²) in [5.41, 5.74) is 3.91. The number of oxazole rings is 1. The van der Waals surface area contributed by atoms with Gasteiger partial charge < -0.3 is 18.6 Å². The number of piperidine rings is 1. The molecule has 4 aromatic rings. The zero-order chi connectivity index (χ0) is 24.7. The number of rotatable bonds is 5. The minimum absolute atomic E-state index is 0.175. The molecule has 180 valence electrons. The summed E-state index contributed by atoms with van der Waals surface area (Å²) in [6, 6.07) is 14.0. The number of benzene rings is 2. The maximum absolute atomic E-state index is 13.2. The molecule has 0 spiro atoms. The molecule has 0 radical (unpaired) electrons. The van der Waals surface area contributed by atoms with Gasteiger partial charge in [-0.1, -0.05) is 32.0 Å². The standard InChI is InChI=1S/C28H30N4O3/c1-5-15-34-23-8-6-7-19-24(20(17-29)26(33)31(4)25(19)23)32-13-11-28(3,12-14-32)27-30-21-16-18(2)9-10-22(21)35-27/h6-10,16H,5,11-15H2,1-4H3. The first-order valence-corrected chi connectivity index (χ1v) is 12.2. The fraction of sp³-hybridized carbons (Fsp3) is 0.393. The monoisotopic (exact) mass is 470 g/mol. The van der Waals surface area contributed by atoms with Crippen LogP contribution in [-0.4, -0.2) is 29.2 Å². The molecule has 1 aliphatic heterocycles. The van der Waals surface area contributed by atoms with Crippen LogP contribution in [0.15, 0.2) is 45.6 Å². The number of para-hydroxylation sites is 1. The van der Waals surface area contributed by atoms with Gasteiger partial charge in [-0.05, 0) is 49.9 Å². The molecule has 3 heterocycles. The summed E-state index contributed by atoms with van der Waals surface area (Å²) < 4.78 is 13.7. The van der Waals surface area contributed by atoms with Crippen molar-refractivity contribution in [3.63, 3.8) is 0 Å².